The summed E-state index contributed by atoms with van der Waals surface area (Å²) in [6.45, 7) is 8.98. The predicted molar refractivity (Wildman–Crippen MR) is 81.6 cm³/mol. The first-order chi connectivity index (χ1) is 8.00. The third-order valence-electron chi connectivity index (χ3n) is 2.36. The molecule has 0 aliphatic carbocycles. The molecule has 1 atom stereocenters. The van der Waals surface area contributed by atoms with Crippen molar-refractivity contribution in [3.8, 4) is 0 Å². The largest absolute Gasteiger partial charge is 0.399 e. The van der Waals surface area contributed by atoms with Gasteiger partial charge in [-0.15, -0.1) is 0 Å². The maximum atomic E-state index is 14.1. The Morgan fingerprint density at radius 1 is 1.22 bits per heavy atom. The molecule has 18 heavy (non-hydrogen) atoms. The van der Waals surface area contributed by atoms with Crippen molar-refractivity contribution < 1.29 is 22.4 Å². The van der Waals surface area contributed by atoms with Crippen molar-refractivity contribution in [2.45, 2.75) is 49.1 Å². The lowest BCUT2D eigenvalue weighted by molar-refractivity contribution is 0.0352. The zero-order chi connectivity index (χ0) is 14.6. The van der Waals surface area contributed by atoms with Crippen molar-refractivity contribution in [1.82, 2.24) is 0 Å². The summed E-state index contributed by atoms with van der Waals surface area (Å²) in [5.74, 6) is 0. The lowest BCUT2D eigenvalue weighted by atomic mass is 10.5. The summed E-state index contributed by atoms with van der Waals surface area (Å²) in [6, 6.07) is 0. The highest BCUT2D eigenvalue weighted by Gasteiger charge is 2.55. The standard InChI is InChI=1S/C10H22F2IO3PSi/c1-6-15-17(14,16-7-2)10(11,12)8-9(13)18(3,4)5/h9H,6-8H2,1-5H3. The first kappa shape index (κ1) is 19.0. The van der Waals surface area contributed by atoms with Crippen LogP contribution in [0, 0.1) is 0 Å². The van der Waals surface area contributed by atoms with Crippen LogP contribution in [0.2, 0.25) is 19.6 Å². The molecule has 0 saturated heterocycles. The summed E-state index contributed by atoms with van der Waals surface area (Å²) in [6.07, 6.45) is -0.458. The van der Waals surface area contributed by atoms with E-state index >= 15 is 0 Å². The smallest absolute Gasteiger partial charge is 0.305 e. The van der Waals surface area contributed by atoms with Crippen LogP contribution in [-0.2, 0) is 13.6 Å². The molecule has 0 aromatic rings. The molecule has 0 aliphatic heterocycles. The van der Waals surface area contributed by atoms with Crippen LogP contribution in [0.15, 0.2) is 0 Å². The molecule has 0 rings (SSSR count). The Balaban J connectivity index is 5.02. The molecule has 0 aromatic heterocycles. The van der Waals surface area contributed by atoms with Gasteiger partial charge in [-0.05, 0) is 13.8 Å². The van der Waals surface area contributed by atoms with E-state index in [1.54, 1.807) is 0 Å². The van der Waals surface area contributed by atoms with Crippen LogP contribution < -0.4 is 0 Å². The Bertz CT molecular complexity index is 300. The first-order valence-electron chi connectivity index (χ1n) is 5.91. The fraction of sp³-hybridized carbons (Fsp3) is 1.00. The van der Waals surface area contributed by atoms with E-state index in [-0.39, 0.29) is 16.8 Å². The normalized spacial score (nSPS) is 15.8. The monoisotopic (exact) mass is 414 g/mol. The number of rotatable bonds is 8. The molecule has 0 heterocycles. The van der Waals surface area contributed by atoms with E-state index in [4.69, 9.17) is 9.05 Å². The topological polar surface area (TPSA) is 35.5 Å². The molecule has 110 valence electrons. The molecule has 0 bridgehead atoms. The minimum absolute atomic E-state index is 0.0499. The van der Waals surface area contributed by atoms with Crippen molar-refractivity contribution in [3.63, 3.8) is 0 Å². The van der Waals surface area contributed by atoms with E-state index in [1.165, 1.54) is 13.8 Å². The summed E-state index contributed by atoms with van der Waals surface area (Å²) in [4.78, 5) is 0. The van der Waals surface area contributed by atoms with Gasteiger partial charge in [0.1, 0.15) is 0 Å². The van der Waals surface area contributed by atoms with Crippen molar-refractivity contribution in [3.05, 3.63) is 0 Å². The maximum Gasteiger partial charge on any atom is 0.399 e. The van der Waals surface area contributed by atoms with E-state index in [0.717, 1.165) is 0 Å². The number of halogens is 3. The molecule has 0 radical (unpaired) electrons. The van der Waals surface area contributed by atoms with Gasteiger partial charge in [0.2, 0.25) is 0 Å². The zero-order valence-electron chi connectivity index (χ0n) is 11.5. The van der Waals surface area contributed by atoms with Crippen molar-refractivity contribution in [1.29, 1.82) is 0 Å². The molecule has 0 saturated carbocycles. The van der Waals surface area contributed by atoms with E-state index in [1.807, 2.05) is 42.2 Å². The van der Waals surface area contributed by atoms with Crippen LogP contribution >= 0.6 is 30.2 Å². The highest BCUT2D eigenvalue weighted by molar-refractivity contribution is 14.1. The molecule has 0 spiro atoms. The first-order valence-corrected chi connectivity index (χ1v) is 12.3. The predicted octanol–water partition coefficient (Wildman–Crippen LogP) is 4.92. The van der Waals surface area contributed by atoms with Gasteiger partial charge in [-0.2, -0.15) is 8.78 Å². The van der Waals surface area contributed by atoms with Gasteiger partial charge in [0.15, 0.2) is 0 Å². The maximum absolute atomic E-state index is 14.1. The van der Waals surface area contributed by atoms with E-state index in [9.17, 15) is 13.3 Å². The Labute approximate surface area is 123 Å². The fourth-order valence-electron chi connectivity index (χ4n) is 1.20. The SMILES string of the molecule is CCOP(=O)(OCC)C(F)(F)CC(I)[Si](C)(C)C. The number of hydrogen-bond donors (Lipinski definition) is 0. The third-order valence-corrected chi connectivity index (χ3v) is 12.7. The zero-order valence-corrected chi connectivity index (χ0v) is 15.6. The van der Waals surface area contributed by atoms with Crippen molar-refractivity contribution in [2.24, 2.45) is 0 Å². The molecule has 0 N–H and O–H groups in total. The van der Waals surface area contributed by atoms with E-state index in [2.05, 4.69) is 0 Å². The summed E-state index contributed by atoms with van der Waals surface area (Å²) in [5, 5.41) is 0. The average Bonchev–Trinajstić information content (AvgIpc) is 2.15. The highest BCUT2D eigenvalue weighted by Crippen LogP contribution is 2.64. The highest BCUT2D eigenvalue weighted by atomic mass is 127. The second-order valence-corrected chi connectivity index (χ2v) is 15.3. The molecule has 8 heteroatoms. The molecule has 0 aliphatic rings. The van der Waals surface area contributed by atoms with Crippen molar-refractivity contribution >= 4 is 38.3 Å². The van der Waals surface area contributed by atoms with Crippen LogP contribution in [-0.4, -0.2) is 30.5 Å². The number of alkyl halides is 3. The third kappa shape index (κ3) is 5.15. The van der Waals surface area contributed by atoms with Gasteiger partial charge < -0.3 is 9.05 Å². The lowest BCUT2D eigenvalue weighted by Crippen LogP contribution is -2.38. The second kappa shape index (κ2) is 7.11. The van der Waals surface area contributed by atoms with Gasteiger partial charge in [0.05, 0.1) is 21.3 Å². The van der Waals surface area contributed by atoms with Gasteiger partial charge in [-0.25, -0.2) is 0 Å². The van der Waals surface area contributed by atoms with Crippen LogP contribution in [0.25, 0.3) is 0 Å². The van der Waals surface area contributed by atoms with Gasteiger partial charge in [0.25, 0.3) is 0 Å². The van der Waals surface area contributed by atoms with Crippen LogP contribution in [0.1, 0.15) is 20.3 Å². The molecule has 0 fully saturated rings. The summed E-state index contributed by atoms with van der Waals surface area (Å²) < 4.78 is 49.7. The van der Waals surface area contributed by atoms with Gasteiger partial charge >= 0.3 is 13.3 Å². The molecule has 0 aromatic carbocycles. The Morgan fingerprint density at radius 3 is 1.89 bits per heavy atom. The van der Waals surface area contributed by atoms with Crippen LogP contribution in [0.3, 0.4) is 0 Å². The molecule has 1 unspecified atom stereocenters. The Morgan fingerprint density at radius 2 is 1.61 bits per heavy atom. The van der Waals surface area contributed by atoms with Crippen LogP contribution in [0.4, 0.5) is 8.78 Å². The van der Waals surface area contributed by atoms with Gasteiger partial charge in [0, 0.05) is 9.97 Å². The molecule has 3 nitrogen and oxygen atoms in total. The Hall–Kier alpha value is 0.957. The van der Waals surface area contributed by atoms with Gasteiger partial charge in [-0.1, -0.05) is 42.2 Å². The van der Waals surface area contributed by atoms with Crippen LogP contribution in [0.5, 0.6) is 0 Å². The summed E-state index contributed by atoms with van der Waals surface area (Å²) in [5.41, 5.74) is -3.43. The minimum atomic E-state index is -4.36. The van der Waals surface area contributed by atoms with Gasteiger partial charge in [-0.3, -0.25) is 4.57 Å². The quantitative estimate of drug-likeness (QED) is 0.245. The minimum Gasteiger partial charge on any atom is -0.305 e. The summed E-state index contributed by atoms with van der Waals surface area (Å²) >= 11 is 2.02. The van der Waals surface area contributed by atoms with E-state index in [0.29, 0.717) is 0 Å². The average molecular weight is 414 g/mol. The molecule has 0 amide bonds. The second-order valence-electron chi connectivity index (χ2n) is 5.04. The van der Waals surface area contributed by atoms with E-state index < -0.39 is 27.8 Å². The molecular weight excluding hydrogens is 392 g/mol. The Kier molecular flexibility index (Phi) is 7.48. The summed E-state index contributed by atoms with van der Waals surface area (Å²) in [7, 11) is -6.08. The lowest BCUT2D eigenvalue weighted by Gasteiger charge is -2.31. The van der Waals surface area contributed by atoms with Crippen molar-refractivity contribution in [2.75, 3.05) is 13.2 Å². The fourth-order valence-corrected chi connectivity index (χ4v) is 4.68. The number of hydrogen-bond acceptors (Lipinski definition) is 3. The molecular formula is C10H22F2IO3PSi.